The van der Waals surface area contributed by atoms with Crippen LogP contribution in [-0.2, 0) is 35.5 Å². The van der Waals surface area contributed by atoms with Crippen LogP contribution in [0.1, 0.15) is 16.7 Å². The molecule has 0 fully saturated rings. The van der Waals surface area contributed by atoms with Gasteiger partial charge in [-0.2, -0.15) is 13.2 Å². The van der Waals surface area contributed by atoms with Crippen molar-refractivity contribution < 1.29 is 27.3 Å². The Morgan fingerprint density at radius 3 is 2.65 bits per heavy atom. The Bertz CT molecular complexity index is 756. The summed E-state index contributed by atoms with van der Waals surface area (Å²) in [5, 5.41) is 2.49. The van der Waals surface area contributed by atoms with Gasteiger partial charge in [-0.3, -0.25) is 4.79 Å². The molecule has 0 saturated heterocycles. The van der Waals surface area contributed by atoms with Crippen molar-refractivity contribution in [2.45, 2.75) is 24.2 Å². The van der Waals surface area contributed by atoms with E-state index in [2.05, 4.69) is 10.0 Å². The topological polar surface area (TPSA) is 73.4 Å². The van der Waals surface area contributed by atoms with Crippen LogP contribution in [0.4, 0.5) is 13.2 Å². The summed E-state index contributed by atoms with van der Waals surface area (Å²) >= 11 is -1.41. The number of hydrogen-bond acceptors (Lipinski definition) is 4. The van der Waals surface area contributed by atoms with E-state index in [0.717, 1.165) is 12.1 Å². The fourth-order valence-corrected chi connectivity index (χ4v) is 2.89. The number of carbonyl (C=O) groups excluding carboxylic acids is 1. The molecule has 0 bridgehead atoms. The number of amides is 1. The van der Waals surface area contributed by atoms with Crippen molar-refractivity contribution in [1.82, 2.24) is 10.0 Å². The minimum Gasteiger partial charge on any atom is -0.593 e. The SMILES string of the molecule is CN[S+]([O-])c1ccc(OCc2cccc(C(F)(F)F)c2)c(CNC=O)c1. The summed E-state index contributed by atoms with van der Waals surface area (Å²) in [4.78, 5) is 11.0. The first kappa shape index (κ1) is 20.1. The Labute approximate surface area is 151 Å². The minimum absolute atomic E-state index is 0.0769. The zero-order valence-corrected chi connectivity index (χ0v) is 14.6. The van der Waals surface area contributed by atoms with Crippen molar-refractivity contribution in [2.24, 2.45) is 0 Å². The van der Waals surface area contributed by atoms with Crippen LogP contribution in [0.5, 0.6) is 5.75 Å². The van der Waals surface area contributed by atoms with Crippen LogP contribution in [-0.4, -0.2) is 18.0 Å². The monoisotopic (exact) mass is 386 g/mol. The van der Waals surface area contributed by atoms with Crippen LogP contribution in [0.3, 0.4) is 0 Å². The van der Waals surface area contributed by atoms with Crippen molar-refractivity contribution in [3.05, 3.63) is 59.2 Å². The van der Waals surface area contributed by atoms with E-state index in [-0.39, 0.29) is 13.2 Å². The molecule has 0 radical (unpaired) electrons. The molecule has 140 valence electrons. The quantitative estimate of drug-likeness (QED) is 0.541. The van der Waals surface area contributed by atoms with Crippen LogP contribution in [0.15, 0.2) is 47.4 Å². The lowest BCUT2D eigenvalue weighted by atomic mass is 10.1. The second-order valence-corrected chi connectivity index (χ2v) is 6.65. The second kappa shape index (κ2) is 8.93. The van der Waals surface area contributed by atoms with Gasteiger partial charge in [-0.25, -0.2) is 0 Å². The van der Waals surface area contributed by atoms with E-state index in [1.807, 2.05) is 0 Å². The molecule has 0 spiro atoms. The van der Waals surface area contributed by atoms with Gasteiger partial charge in [0.25, 0.3) is 0 Å². The van der Waals surface area contributed by atoms with E-state index < -0.39 is 23.1 Å². The van der Waals surface area contributed by atoms with Gasteiger partial charge in [0.05, 0.1) is 16.9 Å². The molecule has 1 unspecified atom stereocenters. The van der Waals surface area contributed by atoms with Crippen LogP contribution < -0.4 is 14.8 Å². The number of halogens is 3. The smallest absolute Gasteiger partial charge is 0.416 e. The van der Waals surface area contributed by atoms with Crippen molar-refractivity contribution in [2.75, 3.05) is 7.05 Å². The maximum atomic E-state index is 12.8. The van der Waals surface area contributed by atoms with Crippen LogP contribution in [0, 0.1) is 0 Å². The molecule has 2 aromatic rings. The molecule has 0 saturated carbocycles. The number of benzene rings is 2. The van der Waals surface area contributed by atoms with E-state index in [1.54, 1.807) is 18.2 Å². The molecular formula is C17H17F3N2O3S. The molecule has 2 aromatic carbocycles. The number of rotatable bonds is 8. The zero-order chi connectivity index (χ0) is 19.2. The lowest BCUT2D eigenvalue weighted by molar-refractivity contribution is -0.137. The van der Waals surface area contributed by atoms with Gasteiger partial charge in [-0.15, -0.1) is 4.72 Å². The highest BCUT2D eigenvalue weighted by molar-refractivity contribution is 7.89. The van der Waals surface area contributed by atoms with E-state index in [4.69, 9.17) is 4.74 Å². The average molecular weight is 386 g/mol. The summed E-state index contributed by atoms with van der Waals surface area (Å²) in [7, 11) is 1.54. The van der Waals surface area contributed by atoms with Crippen molar-refractivity contribution in [1.29, 1.82) is 0 Å². The molecule has 0 aliphatic heterocycles. The molecule has 0 aliphatic carbocycles. The maximum Gasteiger partial charge on any atom is 0.416 e. The molecule has 0 aliphatic rings. The number of carbonyl (C=O) groups is 1. The highest BCUT2D eigenvalue weighted by Crippen LogP contribution is 2.30. The van der Waals surface area contributed by atoms with Crippen LogP contribution >= 0.6 is 0 Å². The van der Waals surface area contributed by atoms with Gasteiger partial charge < -0.3 is 14.6 Å². The third kappa shape index (κ3) is 5.38. The first-order valence-electron chi connectivity index (χ1n) is 7.53. The van der Waals surface area contributed by atoms with Crippen molar-refractivity contribution in [3.8, 4) is 5.75 Å². The van der Waals surface area contributed by atoms with Gasteiger partial charge in [0.1, 0.15) is 12.4 Å². The average Bonchev–Trinajstić information content (AvgIpc) is 2.63. The maximum absolute atomic E-state index is 12.8. The van der Waals surface area contributed by atoms with E-state index in [1.165, 1.54) is 19.2 Å². The summed E-state index contributed by atoms with van der Waals surface area (Å²) in [5.74, 6) is 0.383. The summed E-state index contributed by atoms with van der Waals surface area (Å²) in [6.07, 6.45) is -3.91. The third-order valence-electron chi connectivity index (χ3n) is 3.46. The predicted octanol–water partition coefficient (Wildman–Crippen LogP) is 2.77. The fourth-order valence-electron chi connectivity index (χ4n) is 2.22. The van der Waals surface area contributed by atoms with Gasteiger partial charge in [0.15, 0.2) is 4.90 Å². The molecular weight excluding hydrogens is 369 g/mol. The lowest BCUT2D eigenvalue weighted by Crippen LogP contribution is -2.19. The van der Waals surface area contributed by atoms with Crippen LogP contribution in [0.25, 0.3) is 0 Å². The van der Waals surface area contributed by atoms with Crippen molar-refractivity contribution >= 4 is 17.8 Å². The largest absolute Gasteiger partial charge is 0.593 e. The highest BCUT2D eigenvalue weighted by atomic mass is 32.2. The summed E-state index contributed by atoms with van der Waals surface area (Å²) in [6.45, 7) is 0.0582. The molecule has 1 amide bonds. The standard InChI is InChI=1S/C17H17F3N2O3S/c1-21-26(24)15-5-6-16(13(8-15)9-22-11-23)25-10-12-3-2-4-14(7-12)17(18,19)20/h2-8,11,21H,9-10H2,1H3,(H,22,23). The highest BCUT2D eigenvalue weighted by Gasteiger charge is 2.30. The van der Waals surface area contributed by atoms with Crippen molar-refractivity contribution in [3.63, 3.8) is 0 Å². The van der Waals surface area contributed by atoms with Gasteiger partial charge in [-0.05, 0) is 29.8 Å². The Morgan fingerprint density at radius 1 is 1.23 bits per heavy atom. The molecule has 9 heteroatoms. The molecule has 1 atom stereocenters. The minimum atomic E-state index is -4.42. The number of ether oxygens (including phenoxy) is 1. The van der Waals surface area contributed by atoms with Crippen LogP contribution in [0.2, 0.25) is 0 Å². The predicted molar refractivity (Wildman–Crippen MR) is 90.6 cm³/mol. The summed E-state index contributed by atoms with van der Waals surface area (Å²) in [5.41, 5.74) is 0.170. The third-order valence-corrected chi connectivity index (χ3v) is 4.51. The van der Waals surface area contributed by atoms with Gasteiger partial charge >= 0.3 is 6.18 Å². The first-order chi connectivity index (χ1) is 12.3. The zero-order valence-electron chi connectivity index (χ0n) is 13.8. The van der Waals surface area contributed by atoms with E-state index in [0.29, 0.717) is 28.2 Å². The normalized spacial score (nSPS) is 12.5. The number of hydrogen-bond donors (Lipinski definition) is 2. The first-order valence-corrected chi connectivity index (χ1v) is 8.68. The lowest BCUT2D eigenvalue weighted by Gasteiger charge is -2.14. The van der Waals surface area contributed by atoms with Gasteiger partial charge in [-0.1, -0.05) is 12.1 Å². The summed E-state index contributed by atoms with van der Waals surface area (Å²) < 4.78 is 58.3. The Morgan fingerprint density at radius 2 is 2.00 bits per heavy atom. The molecule has 0 aromatic heterocycles. The van der Waals surface area contributed by atoms with E-state index in [9.17, 15) is 22.5 Å². The molecule has 5 nitrogen and oxygen atoms in total. The summed E-state index contributed by atoms with van der Waals surface area (Å²) in [6, 6.07) is 9.61. The second-order valence-electron chi connectivity index (χ2n) is 5.23. The molecule has 2 N–H and O–H groups in total. The van der Waals surface area contributed by atoms with Gasteiger partial charge in [0, 0.05) is 25.2 Å². The Hall–Kier alpha value is -2.23. The molecule has 2 rings (SSSR count). The number of alkyl halides is 3. The van der Waals surface area contributed by atoms with E-state index >= 15 is 0 Å². The Balaban J connectivity index is 2.19. The fraction of sp³-hybridized carbons (Fsp3) is 0.235. The van der Waals surface area contributed by atoms with Gasteiger partial charge in [0.2, 0.25) is 6.41 Å². The molecule has 26 heavy (non-hydrogen) atoms. The Kier molecular flexibility index (Phi) is 6.90. The molecule has 0 heterocycles. The number of nitrogens with one attached hydrogen (secondary N) is 2.